The third-order valence-electron chi connectivity index (χ3n) is 2.87. The lowest BCUT2D eigenvalue weighted by atomic mass is 10.1. The van der Waals surface area contributed by atoms with Gasteiger partial charge < -0.3 is 4.74 Å². The van der Waals surface area contributed by atoms with E-state index in [0.29, 0.717) is 0 Å². The molecule has 3 rings (SSSR count). The van der Waals surface area contributed by atoms with E-state index in [9.17, 15) is 0 Å². The Morgan fingerprint density at radius 3 is 2.94 bits per heavy atom. The maximum atomic E-state index is 5.23. The zero-order valence-corrected chi connectivity index (χ0v) is 10.2. The van der Waals surface area contributed by atoms with Crippen molar-refractivity contribution in [3.05, 3.63) is 36.8 Å². The van der Waals surface area contributed by atoms with Gasteiger partial charge in [0.1, 0.15) is 12.1 Å². The predicted octanol–water partition coefficient (Wildman–Crippen LogP) is 2.04. The Labute approximate surface area is 104 Å². The Morgan fingerprint density at radius 1 is 1.22 bits per heavy atom. The van der Waals surface area contributed by atoms with E-state index >= 15 is 0 Å². The summed E-state index contributed by atoms with van der Waals surface area (Å²) in [5, 5.41) is 5.15. The van der Waals surface area contributed by atoms with Gasteiger partial charge in [0.15, 0.2) is 5.65 Å². The number of fused-ring (bicyclic) bond motifs is 1. The summed E-state index contributed by atoms with van der Waals surface area (Å²) in [5.41, 5.74) is 2.68. The molecular weight excluding hydrogens is 228 g/mol. The maximum Gasteiger partial charge on any atom is 0.161 e. The van der Waals surface area contributed by atoms with Crippen molar-refractivity contribution in [2.75, 3.05) is 7.11 Å². The predicted molar refractivity (Wildman–Crippen MR) is 68.3 cm³/mol. The van der Waals surface area contributed by atoms with Gasteiger partial charge in [0, 0.05) is 12.6 Å². The van der Waals surface area contributed by atoms with Gasteiger partial charge in [-0.25, -0.2) is 9.97 Å². The number of hydrogen-bond donors (Lipinski definition) is 0. The molecule has 0 radical (unpaired) electrons. The maximum absolute atomic E-state index is 5.23. The molecule has 90 valence electrons. The van der Waals surface area contributed by atoms with E-state index in [-0.39, 0.29) is 0 Å². The van der Waals surface area contributed by atoms with Gasteiger partial charge in [-0.3, -0.25) is 4.68 Å². The molecule has 1 aromatic carbocycles. The van der Waals surface area contributed by atoms with E-state index in [1.165, 1.54) is 0 Å². The van der Waals surface area contributed by atoms with Crippen LogP contribution in [0.3, 0.4) is 0 Å². The van der Waals surface area contributed by atoms with Gasteiger partial charge >= 0.3 is 0 Å². The molecule has 0 saturated carbocycles. The lowest BCUT2D eigenvalue weighted by molar-refractivity contribution is 0.415. The Kier molecular flexibility index (Phi) is 2.44. The summed E-state index contributed by atoms with van der Waals surface area (Å²) in [7, 11) is 3.52. The van der Waals surface area contributed by atoms with Crippen molar-refractivity contribution in [3.8, 4) is 17.0 Å². The van der Waals surface area contributed by atoms with Crippen molar-refractivity contribution in [2.24, 2.45) is 7.05 Å². The molecule has 0 aliphatic heterocycles. The molecule has 5 nitrogen and oxygen atoms in total. The lowest BCUT2D eigenvalue weighted by Crippen LogP contribution is -1.93. The molecule has 0 N–H and O–H groups in total. The van der Waals surface area contributed by atoms with Crippen LogP contribution in [0, 0.1) is 0 Å². The number of aromatic nitrogens is 4. The smallest absolute Gasteiger partial charge is 0.161 e. The molecule has 0 unspecified atom stereocenters. The number of methoxy groups -OCH3 is 1. The molecule has 0 saturated heterocycles. The fourth-order valence-electron chi connectivity index (χ4n) is 1.96. The van der Waals surface area contributed by atoms with Gasteiger partial charge in [-0.15, -0.1) is 0 Å². The zero-order chi connectivity index (χ0) is 12.5. The van der Waals surface area contributed by atoms with Gasteiger partial charge in [0.2, 0.25) is 0 Å². The van der Waals surface area contributed by atoms with Crippen LogP contribution < -0.4 is 4.74 Å². The largest absolute Gasteiger partial charge is 0.497 e. The average molecular weight is 240 g/mol. The molecule has 0 atom stereocenters. The normalized spacial score (nSPS) is 10.8. The highest BCUT2D eigenvalue weighted by Gasteiger charge is 2.10. The zero-order valence-electron chi connectivity index (χ0n) is 10.2. The Hall–Kier alpha value is -2.43. The molecule has 3 aromatic rings. The molecule has 0 spiro atoms. The van der Waals surface area contributed by atoms with Crippen LogP contribution in [-0.4, -0.2) is 26.9 Å². The van der Waals surface area contributed by atoms with Crippen molar-refractivity contribution in [1.29, 1.82) is 0 Å². The van der Waals surface area contributed by atoms with E-state index in [2.05, 4.69) is 15.1 Å². The van der Waals surface area contributed by atoms with Crippen molar-refractivity contribution in [3.63, 3.8) is 0 Å². The monoisotopic (exact) mass is 240 g/mol. The van der Waals surface area contributed by atoms with Crippen LogP contribution in [0.4, 0.5) is 0 Å². The number of ether oxygens (including phenoxy) is 1. The van der Waals surface area contributed by atoms with Crippen LogP contribution in [0.1, 0.15) is 0 Å². The van der Waals surface area contributed by atoms with Gasteiger partial charge in [-0.05, 0) is 12.1 Å². The van der Waals surface area contributed by atoms with E-state index in [0.717, 1.165) is 28.0 Å². The molecule has 2 aromatic heterocycles. The Bertz CT molecular complexity index is 705. The standard InChI is InChI=1S/C13H12N4O/c1-17-13-11(7-16-17)12(14-8-15-13)9-4-3-5-10(6-9)18-2/h3-8H,1-2H3. The lowest BCUT2D eigenvalue weighted by Gasteiger charge is -2.04. The van der Waals surface area contributed by atoms with E-state index in [4.69, 9.17) is 4.74 Å². The average Bonchev–Trinajstić information content (AvgIpc) is 2.81. The number of nitrogens with zero attached hydrogens (tertiary/aromatic N) is 4. The highest BCUT2D eigenvalue weighted by atomic mass is 16.5. The Morgan fingerprint density at radius 2 is 2.11 bits per heavy atom. The highest BCUT2D eigenvalue weighted by Crippen LogP contribution is 2.27. The molecule has 0 aliphatic rings. The fraction of sp³-hybridized carbons (Fsp3) is 0.154. The topological polar surface area (TPSA) is 52.8 Å². The van der Waals surface area contributed by atoms with E-state index in [1.807, 2.05) is 31.3 Å². The summed E-state index contributed by atoms with van der Waals surface area (Å²) in [6.07, 6.45) is 3.34. The first-order valence-corrected chi connectivity index (χ1v) is 5.57. The van der Waals surface area contributed by atoms with E-state index < -0.39 is 0 Å². The molecule has 0 bridgehead atoms. The van der Waals surface area contributed by atoms with Crippen molar-refractivity contribution >= 4 is 11.0 Å². The molecule has 2 heterocycles. The van der Waals surface area contributed by atoms with Crippen LogP contribution in [0.15, 0.2) is 36.8 Å². The quantitative estimate of drug-likeness (QED) is 0.687. The summed E-state index contributed by atoms with van der Waals surface area (Å²) in [6, 6.07) is 7.80. The Balaban J connectivity index is 2.24. The minimum absolute atomic E-state index is 0.808. The summed E-state index contributed by atoms with van der Waals surface area (Å²) in [5.74, 6) is 0.808. The number of aryl methyl sites for hydroxylation is 1. The third kappa shape index (κ3) is 1.60. The van der Waals surface area contributed by atoms with Crippen molar-refractivity contribution in [1.82, 2.24) is 19.7 Å². The summed E-state index contributed by atoms with van der Waals surface area (Å²) < 4.78 is 6.97. The van der Waals surface area contributed by atoms with Crippen LogP contribution in [0.2, 0.25) is 0 Å². The molecule has 18 heavy (non-hydrogen) atoms. The first-order chi connectivity index (χ1) is 8.79. The minimum Gasteiger partial charge on any atom is -0.497 e. The fourth-order valence-corrected chi connectivity index (χ4v) is 1.96. The van der Waals surface area contributed by atoms with Gasteiger partial charge in [-0.2, -0.15) is 5.10 Å². The second kappa shape index (κ2) is 4.10. The number of benzene rings is 1. The number of hydrogen-bond acceptors (Lipinski definition) is 4. The second-order valence-corrected chi connectivity index (χ2v) is 3.96. The molecular formula is C13H12N4O. The third-order valence-corrected chi connectivity index (χ3v) is 2.87. The molecule has 0 aliphatic carbocycles. The minimum atomic E-state index is 0.808. The van der Waals surface area contributed by atoms with Gasteiger partial charge in [0.05, 0.1) is 24.4 Å². The summed E-state index contributed by atoms with van der Waals surface area (Å²) >= 11 is 0. The van der Waals surface area contributed by atoms with E-state index in [1.54, 1.807) is 24.3 Å². The van der Waals surface area contributed by atoms with Crippen molar-refractivity contribution < 1.29 is 4.74 Å². The van der Waals surface area contributed by atoms with Crippen LogP contribution in [-0.2, 0) is 7.05 Å². The summed E-state index contributed by atoms with van der Waals surface area (Å²) in [4.78, 5) is 8.57. The highest BCUT2D eigenvalue weighted by molar-refractivity contribution is 5.90. The van der Waals surface area contributed by atoms with Gasteiger partial charge in [0.25, 0.3) is 0 Å². The first-order valence-electron chi connectivity index (χ1n) is 5.57. The molecule has 5 heteroatoms. The SMILES string of the molecule is COc1cccc(-c2ncnc3c2cnn3C)c1. The van der Waals surface area contributed by atoms with Crippen LogP contribution in [0.5, 0.6) is 5.75 Å². The second-order valence-electron chi connectivity index (χ2n) is 3.96. The molecule has 0 amide bonds. The first kappa shape index (κ1) is 10.7. The number of rotatable bonds is 2. The van der Waals surface area contributed by atoms with Gasteiger partial charge in [-0.1, -0.05) is 12.1 Å². The van der Waals surface area contributed by atoms with Crippen LogP contribution >= 0.6 is 0 Å². The molecule has 0 fully saturated rings. The van der Waals surface area contributed by atoms with Crippen molar-refractivity contribution in [2.45, 2.75) is 0 Å². The van der Waals surface area contributed by atoms with Crippen LogP contribution in [0.25, 0.3) is 22.3 Å². The summed E-state index contributed by atoms with van der Waals surface area (Å²) in [6.45, 7) is 0.